The molecule has 0 bridgehead atoms. The van der Waals surface area contributed by atoms with Crippen LogP contribution in [0.25, 0.3) is 22.8 Å². The predicted octanol–water partition coefficient (Wildman–Crippen LogP) is 4.07. The van der Waals surface area contributed by atoms with E-state index >= 15 is 0 Å². The minimum atomic E-state index is -0.375. The second-order valence-electron chi connectivity index (χ2n) is 7.20. The van der Waals surface area contributed by atoms with Crippen LogP contribution in [-0.2, 0) is 17.8 Å². The van der Waals surface area contributed by atoms with Gasteiger partial charge in [0.2, 0.25) is 11.7 Å². The maximum absolute atomic E-state index is 12.9. The normalized spacial score (nSPS) is 10.8. The van der Waals surface area contributed by atoms with Gasteiger partial charge < -0.3 is 14.4 Å². The highest BCUT2D eigenvalue weighted by Crippen LogP contribution is 2.22. The third-order valence-electron chi connectivity index (χ3n) is 5.00. The largest absolute Gasteiger partial charge is 0.333 e. The van der Waals surface area contributed by atoms with E-state index in [2.05, 4.69) is 15.5 Å². The van der Waals surface area contributed by atoms with Crippen molar-refractivity contribution in [2.75, 3.05) is 5.32 Å². The van der Waals surface area contributed by atoms with Gasteiger partial charge in [-0.25, -0.2) is 0 Å². The van der Waals surface area contributed by atoms with Gasteiger partial charge in [0.15, 0.2) is 0 Å². The maximum atomic E-state index is 12.9. The second kappa shape index (κ2) is 8.79. The number of hydrogen-bond acceptors (Lipinski definition) is 5. The number of amides is 1. The smallest absolute Gasteiger partial charge is 0.263 e. The van der Waals surface area contributed by atoms with E-state index in [0.717, 1.165) is 23.1 Å². The molecule has 0 unspecified atom stereocenters. The second-order valence-corrected chi connectivity index (χ2v) is 7.20. The van der Waals surface area contributed by atoms with Crippen molar-refractivity contribution in [3.8, 4) is 22.8 Å². The van der Waals surface area contributed by atoms with Crippen molar-refractivity contribution in [1.29, 1.82) is 0 Å². The van der Waals surface area contributed by atoms with Crippen LogP contribution < -0.4 is 10.9 Å². The average molecular weight is 414 g/mol. The summed E-state index contributed by atoms with van der Waals surface area (Å²) in [4.78, 5) is 29.8. The Morgan fingerprint density at radius 3 is 2.68 bits per heavy atom. The van der Waals surface area contributed by atoms with Gasteiger partial charge in [0, 0.05) is 17.4 Å². The average Bonchev–Trinajstić information content (AvgIpc) is 3.25. The summed E-state index contributed by atoms with van der Waals surface area (Å²) in [5, 5.41) is 6.85. The summed E-state index contributed by atoms with van der Waals surface area (Å²) in [6.07, 6.45) is 2.44. The summed E-state index contributed by atoms with van der Waals surface area (Å²) in [5.74, 6) is 0.240. The first-order valence-corrected chi connectivity index (χ1v) is 10.0. The molecule has 4 aromatic rings. The van der Waals surface area contributed by atoms with Crippen molar-refractivity contribution in [2.24, 2.45) is 0 Å². The molecule has 0 aliphatic heterocycles. The van der Waals surface area contributed by atoms with E-state index in [9.17, 15) is 9.59 Å². The maximum Gasteiger partial charge on any atom is 0.263 e. The number of nitrogens with zero attached hydrogens (tertiary/aromatic N) is 3. The summed E-state index contributed by atoms with van der Waals surface area (Å²) in [6, 6.07) is 18.6. The Balaban J connectivity index is 1.55. The molecule has 0 atom stereocenters. The highest BCUT2D eigenvalue weighted by atomic mass is 16.5. The minimum absolute atomic E-state index is 0.119. The van der Waals surface area contributed by atoms with Crippen LogP contribution in [-0.4, -0.2) is 20.6 Å². The van der Waals surface area contributed by atoms with Crippen LogP contribution in [0.1, 0.15) is 18.1 Å². The number of hydrogen-bond donors (Lipinski definition) is 1. The molecule has 0 aliphatic carbocycles. The molecule has 0 saturated heterocycles. The van der Waals surface area contributed by atoms with E-state index < -0.39 is 0 Å². The van der Waals surface area contributed by atoms with E-state index in [-0.39, 0.29) is 29.5 Å². The monoisotopic (exact) mass is 414 g/mol. The number of carbonyl (C=O) groups is 1. The summed E-state index contributed by atoms with van der Waals surface area (Å²) < 4.78 is 6.67. The standard InChI is InChI=1S/C24H22N4O3/c1-3-17-9-6-10-18(14-17)25-21(29)15-28-13-7-12-20(24(28)30)23-26-22(27-31-23)19-11-5-4-8-16(19)2/h4-14H,3,15H2,1-2H3,(H,25,29). The highest BCUT2D eigenvalue weighted by molar-refractivity contribution is 5.90. The van der Waals surface area contributed by atoms with Gasteiger partial charge in [0.25, 0.3) is 11.4 Å². The number of aryl methyl sites for hydroxylation is 2. The molecule has 2 aromatic heterocycles. The van der Waals surface area contributed by atoms with Crippen LogP contribution in [0, 0.1) is 6.92 Å². The number of aromatic nitrogens is 3. The Morgan fingerprint density at radius 2 is 1.87 bits per heavy atom. The van der Waals surface area contributed by atoms with Gasteiger partial charge in [-0.1, -0.05) is 48.5 Å². The molecule has 0 saturated carbocycles. The Bertz CT molecular complexity index is 1290. The molecule has 7 heteroatoms. The van der Waals surface area contributed by atoms with Gasteiger partial charge in [0.05, 0.1) is 0 Å². The first-order chi connectivity index (χ1) is 15.0. The van der Waals surface area contributed by atoms with Crippen LogP contribution in [0.2, 0.25) is 0 Å². The van der Waals surface area contributed by atoms with Gasteiger partial charge in [0.1, 0.15) is 12.1 Å². The lowest BCUT2D eigenvalue weighted by molar-refractivity contribution is -0.116. The summed E-state index contributed by atoms with van der Waals surface area (Å²) >= 11 is 0. The number of carbonyl (C=O) groups excluding carboxylic acids is 1. The fraction of sp³-hybridized carbons (Fsp3) is 0.167. The van der Waals surface area contributed by atoms with Gasteiger partial charge in [-0.15, -0.1) is 0 Å². The molecular formula is C24H22N4O3. The topological polar surface area (TPSA) is 90.0 Å². The third-order valence-corrected chi connectivity index (χ3v) is 5.00. The SMILES string of the molecule is CCc1cccc(NC(=O)Cn2cccc(-c3nc(-c4ccccc4C)no3)c2=O)c1. The fourth-order valence-electron chi connectivity index (χ4n) is 3.31. The van der Waals surface area contributed by atoms with Crippen LogP contribution >= 0.6 is 0 Å². The number of benzene rings is 2. The van der Waals surface area contributed by atoms with E-state index in [4.69, 9.17) is 4.52 Å². The molecule has 0 radical (unpaired) electrons. The zero-order chi connectivity index (χ0) is 21.8. The van der Waals surface area contributed by atoms with E-state index in [1.807, 2.05) is 62.4 Å². The molecule has 4 rings (SSSR count). The Morgan fingerprint density at radius 1 is 1.06 bits per heavy atom. The molecule has 7 nitrogen and oxygen atoms in total. The molecule has 0 spiro atoms. The first kappa shape index (κ1) is 20.3. The lowest BCUT2D eigenvalue weighted by Crippen LogP contribution is -2.28. The van der Waals surface area contributed by atoms with Gasteiger partial charge in [-0.05, 0) is 48.7 Å². The van der Waals surface area contributed by atoms with Crippen molar-refractivity contribution in [2.45, 2.75) is 26.8 Å². The molecule has 1 amide bonds. The quantitative estimate of drug-likeness (QED) is 0.514. The molecule has 0 fully saturated rings. The van der Waals surface area contributed by atoms with E-state index in [1.54, 1.807) is 18.3 Å². The van der Waals surface area contributed by atoms with Crippen LogP contribution in [0.3, 0.4) is 0 Å². The lowest BCUT2D eigenvalue weighted by atomic mass is 10.1. The number of rotatable bonds is 6. The Kier molecular flexibility index (Phi) is 5.75. The number of pyridine rings is 1. The molecule has 2 heterocycles. The molecule has 31 heavy (non-hydrogen) atoms. The van der Waals surface area contributed by atoms with Crippen LogP contribution in [0.15, 0.2) is 76.2 Å². The first-order valence-electron chi connectivity index (χ1n) is 10.0. The number of anilines is 1. The van der Waals surface area contributed by atoms with Crippen LogP contribution in [0.5, 0.6) is 0 Å². The van der Waals surface area contributed by atoms with Crippen molar-refractivity contribution in [3.63, 3.8) is 0 Å². The molecule has 1 N–H and O–H groups in total. The van der Waals surface area contributed by atoms with Gasteiger partial charge in [-0.2, -0.15) is 4.98 Å². The van der Waals surface area contributed by atoms with Gasteiger partial charge >= 0.3 is 0 Å². The Labute approximate surface area is 179 Å². The fourth-order valence-corrected chi connectivity index (χ4v) is 3.31. The highest BCUT2D eigenvalue weighted by Gasteiger charge is 2.16. The summed E-state index contributed by atoms with van der Waals surface area (Å²) in [6.45, 7) is 3.88. The van der Waals surface area contributed by atoms with Crippen LogP contribution in [0.4, 0.5) is 5.69 Å². The number of nitrogens with one attached hydrogen (secondary N) is 1. The zero-order valence-electron chi connectivity index (χ0n) is 17.3. The molecule has 0 aliphatic rings. The summed E-state index contributed by atoms with van der Waals surface area (Å²) in [7, 11) is 0. The van der Waals surface area contributed by atoms with Crippen molar-refractivity contribution < 1.29 is 9.32 Å². The molecule has 156 valence electrons. The van der Waals surface area contributed by atoms with Gasteiger partial charge in [-0.3, -0.25) is 9.59 Å². The van der Waals surface area contributed by atoms with Crippen molar-refractivity contribution in [1.82, 2.24) is 14.7 Å². The molecular weight excluding hydrogens is 392 g/mol. The minimum Gasteiger partial charge on any atom is -0.333 e. The predicted molar refractivity (Wildman–Crippen MR) is 119 cm³/mol. The lowest BCUT2D eigenvalue weighted by Gasteiger charge is -2.09. The Hall–Kier alpha value is -4.00. The van der Waals surface area contributed by atoms with E-state index in [1.165, 1.54) is 4.57 Å². The third kappa shape index (κ3) is 4.45. The van der Waals surface area contributed by atoms with E-state index in [0.29, 0.717) is 11.5 Å². The van der Waals surface area contributed by atoms with Crippen molar-refractivity contribution in [3.05, 3.63) is 88.3 Å². The molecule has 2 aromatic carbocycles. The zero-order valence-corrected chi connectivity index (χ0v) is 17.3. The van der Waals surface area contributed by atoms with Crippen molar-refractivity contribution >= 4 is 11.6 Å². The summed E-state index contributed by atoms with van der Waals surface area (Å²) in [5.41, 5.74) is 3.54.